The molecule has 3 rings (SSSR count). The van der Waals surface area contributed by atoms with Gasteiger partial charge in [0.1, 0.15) is 34.5 Å². The molecule has 0 aliphatic rings. The van der Waals surface area contributed by atoms with E-state index in [-0.39, 0.29) is 40.2 Å². The summed E-state index contributed by atoms with van der Waals surface area (Å²) in [6.45, 7) is 1.67. The van der Waals surface area contributed by atoms with Crippen molar-refractivity contribution in [2.24, 2.45) is 0 Å². The third kappa shape index (κ3) is 4.23. The van der Waals surface area contributed by atoms with Crippen LogP contribution in [-0.2, 0) is 13.2 Å². The molecule has 0 saturated heterocycles. The fraction of sp³-hybridized carbons (Fsp3) is 0.158. The second-order valence-electron chi connectivity index (χ2n) is 5.89. The molecule has 0 N–H and O–H groups in total. The van der Waals surface area contributed by atoms with Crippen LogP contribution < -0.4 is 10.3 Å². The molecular weight excluding hydrogens is 434 g/mol. The van der Waals surface area contributed by atoms with Crippen LogP contribution in [0.25, 0.3) is 0 Å². The Balaban J connectivity index is 1.85. The molecule has 0 bridgehead atoms. The number of hydrogen-bond acceptors (Lipinski definition) is 5. The average Bonchev–Trinajstić information content (AvgIpc) is 2.68. The quantitative estimate of drug-likeness (QED) is 0.599. The van der Waals surface area contributed by atoms with E-state index in [2.05, 4.69) is 25.9 Å². The molecule has 2 heterocycles. The largest absolute Gasteiger partial charge is 0.487 e. The van der Waals surface area contributed by atoms with Gasteiger partial charge < -0.3 is 9.30 Å². The molecule has 28 heavy (non-hydrogen) atoms. The van der Waals surface area contributed by atoms with Crippen LogP contribution in [0.2, 0.25) is 0 Å². The van der Waals surface area contributed by atoms with Gasteiger partial charge in [0.15, 0.2) is 5.69 Å². The van der Waals surface area contributed by atoms with Crippen LogP contribution in [-0.4, -0.2) is 14.5 Å². The minimum Gasteiger partial charge on any atom is -0.487 e. The highest BCUT2D eigenvalue weighted by Gasteiger charge is 2.14. The highest BCUT2D eigenvalue weighted by Crippen LogP contribution is 2.24. The summed E-state index contributed by atoms with van der Waals surface area (Å²) < 4.78 is 33.9. The van der Waals surface area contributed by atoms with Crippen molar-refractivity contribution in [3.8, 4) is 11.8 Å². The van der Waals surface area contributed by atoms with E-state index in [4.69, 9.17) is 10.00 Å². The van der Waals surface area contributed by atoms with Crippen molar-refractivity contribution in [2.75, 3.05) is 0 Å². The summed E-state index contributed by atoms with van der Waals surface area (Å²) in [5.41, 5.74) is 0.978. The molecule has 0 atom stereocenters. The lowest BCUT2D eigenvalue weighted by atomic mass is 10.2. The van der Waals surface area contributed by atoms with Crippen molar-refractivity contribution in [3.63, 3.8) is 0 Å². The van der Waals surface area contributed by atoms with Crippen LogP contribution in [0.5, 0.6) is 5.75 Å². The van der Waals surface area contributed by atoms with Crippen molar-refractivity contribution < 1.29 is 13.5 Å². The van der Waals surface area contributed by atoms with Crippen molar-refractivity contribution in [2.45, 2.75) is 20.1 Å². The summed E-state index contributed by atoms with van der Waals surface area (Å²) >= 11 is 3.21. The Bertz CT molecular complexity index is 1140. The zero-order valence-electron chi connectivity index (χ0n) is 14.6. The maximum absolute atomic E-state index is 13.7. The van der Waals surface area contributed by atoms with E-state index in [1.54, 1.807) is 13.0 Å². The number of hydrogen-bond donors (Lipinski definition) is 0. The monoisotopic (exact) mass is 446 g/mol. The second-order valence-corrected chi connectivity index (χ2v) is 6.68. The van der Waals surface area contributed by atoms with Crippen LogP contribution in [0.1, 0.15) is 22.6 Å². The standard InChI is InChI=1S/C19H13BrF2N4O2/c1-11-4-17(28-10-12-2-3-13(21)5-16(12)22)18(20)19(27)26(11)9-15-8-24-7-14(6-23)25-15/h2-5,7-8H,9-10H2,1H3. The topological polar surface area (TPSA) is 80.8 Å². The molecule has 0 amide bonds. The van der Waals surface area contributed by atoms with Crippen molar-refractivity contribution in [1.82, 2.24) is 14.5 Å². The number of aromatic nitrogens is 3. The van der Waals surface area contributed by atoms with Gasteiger partial charge in [-0.15, -0.1) is 0 Å². The summed E-state index contributed by atoms with van der Waals surface area (Å²) in [5.74, 6) is -1.17. The maximum Gasteiger partial charge on any atom is 0.269 e. The Labute approximate surface area is 167 Å². The lowest BCUT2D eigenvalue weighted by Crippen LogP contribution is -2.24. The Morgan fingerprint density at radius 3 is 2.79 bits per heavy atom. The summed E-state index contributed by atoms with van der Waals surface area (Å²) in [6.07, 6.45) is 2.81. The molecular formula is C19H13BrF2N4O2. The predicted octanol–water partition coefficient (Wildman–Crippen LogP) is 3.49. The molecule has 6 nitrogen and oxygen atoms in total. The third-order valence-electron chi connectivity index (χ3n) is 3.93. The van der Waals surface area contributed by atoms with Gasteiger partial charge in [-0.3, -0.25) is 9.78 Å². The normalized spacial score (nSPS) is 10.5. The fourth-order valence-electron chi connectivity index (χ4n) is 2.51. The first-order valence-corrected chi connectivity index (χ1v) is 8.86. The summed E-state index contributed by atoms with van der Waals surface area (Å²) in [6, 6.07) is 6.71. The molecule has 0 aliphatic heterocycles. The van der Waals surface area contributed by atoms with Gasteiger partial charge >= 0.3 is 0 Å². The van der Waals surface area contributed by atoms with E-state index in [1.165, 1.54) is 23.0 Å². The van der Waals surface area contributed by atoms with Gasteiger partial charge in [-0.1, -0.05) is 0 Å². The molecule has 0 spiro atoms. The molecule has 1 aromatic carbocycles. The maximum atomic E-state index is 13.7. The van der Waals surface area contributed by atoms with E-state index in [0.29, 0.717) is 11.4 Å². The van der Waals surface area contributed by atoms with Gasteiger partial charge in [-0.05, 0) is 35.0 Å². The van der Waals surface area contributed by atoms with Gasteiger partial charge in [0.05, 0.1) is 24.6 Å². The Morgan fingerprint density at radius 1 is 1.29 bits per heavy atom. The first kappa shape index (κ1) is 19.6. The van der Waals surface area contributed by atoms with Crippen molar-refractivity contribution >= 4 is 15.9 Å². The smallest absolute Gasteiger partial charge is 0.269 e. The molecule has 0 saturated carbocycles. The molecule has 0 unspecified atom stereocenters. The summed E-state index contributed by atoms with van der Waals surface area (Å²) in [7, 11) is 0. The van der Waals surface area contributed by atoms with Gasteiger partial charge in [-0.25, -0.2) is 13.8 Å². The fourth-order valence-corrected chi connectivity index (χ4v) is 2.95. The average molecular weight is 447 g/mol. The lowest BCUT2D eigenvalue weighted by Gasteiger charge is -2.14. The molecule has 3 aromatic rings. The van der Waals surface area contributed by atoms with Gasteiger partial charge in [0.2, 0.25) is 0 Å². The van der Waals surface area contributed by atoms with Gasteiger partial charge in [0.25, 0.3) is 5.56 Å². The molecule has 0 radical (unpaired) electrons. The lowest BCUT2D eigenvalue weighted by molar-refractivity contribution is 0.295. The third-order valence-corrected chi connectivity index (χ3v) is 4.66. The van der Waals surface area contributed by atoms with Gasteiger partial charge in [-0.2, -0.15) is 5.26 Å². The van der Waals surface area contributed by atoms with Crippen LogP contribution in [0.4, 0.5) is 8.78 Å². The van der Waals surface area contributed by atoms with E-state index >= 15 is 0 Å². The molecule has 9 heteroatoms. The number of nitriles is 1. The number of halogens is 3. The van der Waals surface area contributed by atoms with E-state index in [0.717, 1.165) is 12.1 Å². The first-order valence-electron chi connectivity index (χ1n) is 8.06. The SMILES string of the molecule is Cc1cc(OCc2ccc(F)cc2F)c(Br)c(=O)n1Cc1cncc(C#N)n1. The highest BCUT2D eigenvalue weighted by molar-refractivity contribution is 9.10. The number of ether oxygens (including phenoxy) is 1. The molecule has 142 valence electrons. The minimum atomic E-state index is -0.725. The molecule has 2 aromatic heterocycles. The Morgan fingerprint density at radius 2 is 2.07 bits per heavy atom. The number of aryl methyl sites for hydroxylation is 1. The van der Waals surface area contributed by atoms with Crippen LogP contribution in [0.15, 0.2) is 45.9 Å². The number of rotatable bonds is 5. The van der Waals surface area contributed by atoms with Crippen molar-refractivity contribution in [3.05, 3.63) is 85.8 Å². The van der Waals surface area contributed by atoms with Crippen LogP contribution >= 0.6 is 15.9 Å². The molecule has 0 fully saturated rings. The van der Waals surface area contributed by atoms with Crippen LogP contribution in [0.3, 0.4) is 0 Å². The predicted molar refractivity (Wildman–Crippen MR) is 99.7 cm³/mol. The summed E-state index contributed by atoms with van der Waals surface area (Å²) in [4.78, 5) is 20.7. The van der Waals surface area contributed by atoms with Crippen molar-refractivity contribution in [1.29, 1.82) is 5.26 Å². The van der Waals surface area contributed by atoms with E-state index in [9.17, 15) is 13.6 Å². The first-order chi connectivity index (χ1) is 13.4. The Hall–Kier alpha value is -3.12. The number of nitrogens with zero attached hydrogens (tertiary/aromatic N) is 4. The van der Waals surface area contributed by atoms with E-state index < -0.39 is 11.6 Å². The zero-order chi connectivity index (χ0) is 20.3. The van der Waals surface area contributed by atoms with Gasteiger partial charge in [0, 0.05) is 23.4 Å². The summed E-state index contributed by atoms with van der Waals surface area (Å²) in [5, 5.41) is 8.91. The zero-order valence-corrected chi connectivity index (χ0v) is 16.2. The highest BCUT2D eigenvalue weighted by atomic mass is 79.9. The molecule has 0 aliphatic carbocycles. The second kappa shape index (κ2) is 8.27. The number of benzene rings is 1. The number of pyridine rings is 1. The van der Waals surface area contributed by atoms with Crippen LogP contribution in [0, 0.1) is 29.9 Å². The Kier molecular flexibility index (Phi) is 5.80. The minimum absolute atomic E-state index is 0.124. The van der Waals surface area contributed by atoms with E-state index in [1.807, 2.05) is 6.07 Å².